The Morgan fingerprint density at radius 2 is 1.67 bits per heavy atom. The molecular formula is C14H8BrF4NO. The van der Waals surface area contributed by atoms with Crippen molar-refractivity contribution in [2.24, 2.45) is 0 Å². The van der Waals surface area contributed by atoms with Crippen molar-refractivity contribution in [2.75, 3.05) is 5.32 Å². The zero-order valence-corrected chi connectivity index (χ0v) is 11.9. The van der Waals surface area contributed by atoms with E-state index in [9.17, 15) is 22.4 Å². The molecule has 2 aromatic carbocycles. The maximum atomic E-state index is 13.1. The van der Waals surface area contributed by atoms with Crippen LogP contribution in [0.25, 0.3) is 0 Å². The van der Waals surface area contributed by atoms with Crippen LogP contribution in [0.3, 0.4) is 0 Å². The van der Waals surface area contributed by atoms with Gasteiger partial charge in [0.1, 0.15) is 5.82 Å². The van der Waals surface area contributed by atoms with Crippen LogP contribution in [0.5, 0.6) is 0 Å². The van der Waals surface area contributed by atoms with Gasteiger partial charge in [-0.15, -0.1) is 0 Å². The Labute approximate surface area is 125 Å². The van der Waals surface area contributed by atoms with E-state index in [1.54, 1.807) is 12.1 Å². The lowest BCUT2D eigenvalue weighted by Gasteiger charge is -2.11. The Balaban J connectivity index is 2.24. The molecule has 0 radical (unpaired) electrons. The van der Waals surface area contributed by atoms with E-state index in [4.69, 9.17) is 0 Å². The number of alkyl halides is 3. The number of carbonyl (C=O) groups is 1. The molecule has 0 heterocycles. The van der Waals surface area contributed by atoms with Crippen molar-refractivity contribution >= 4 is 27.5 Å². The number of halogens is 5. The molecular weight excluding hydrogens is 354 g/mol. The lowest BCUT2D eigenvalue weighted by molar-refractivity contribution is -0.139. The lowest BCUT2D eigenvalue weighted by atomic mass is 10.1. The van der Waals surface area contributed by atoms with E-state index in [1.165, 1.54) is 12.1 Å². The molecule has 7 heteroatoms. The number of benzene rings is 2. The van der Waals surface area contributed by atoms with Gasteiger partial charge in [0.15, 0.2) is 0 Å². The van der Waals surface area contributed by atoms with Crippen LogP contribution in [0.4, 0.5) is 23.2 Å². The second-order valence-electron chi connectivity index (χ2n) is 4.15. The van der Waals surface area contributed by atoms with E-state index in [-0.39, 0.29) is 11.3 Å². The molecule has 0 saturated heterocycles. The van der Waals surface area contributed by atoms with Crippen molar-refractivity contribution in [1.29, 1.82) is 0 Å². The summed E-state index contributed by atoms with van der Waals surface area (Å²) >= 11 is 3.20. The Bertz CT molecular complexity index is 668. The van der Waals surface area contributed by atoms with Crippen LogP contribution in [0.1, 0.15) is 15.9 Å². The van der Waals surface area contributed by atoms with E-state index >= 15 is 0 Å². The van der Waals surface area contributed by atoms with Gasteiger partial charge in [-0.2, -0.15) is 13.2 Å². The summed E-state index contributed by atoms with van der Waals surface area (Å²) in [5.41, 5.74) is -1.27. The van der Waals surface area contributed by atoms with Crippen molar-refractivity contribution in [3.8, 4) is 0 Å². The molecule has 0 spiro atoms. The second-order valence-corrected chi connectivity index (χ2v) is 5.07. The van der Waals surface area contributed by atoms with Crippen LogP contribution in [-0.4, -0.2) is 5.91 Å². The topological polar surface area (TPSA) is 29.1 Å². The molecule has 1 amide bonds. The van der Waals surface area contributed by atoms with E-state index in [1.807, 2.05) is 0 Å². The fraction of sp³-hybridized carbons (Fsp3) is 0.0714. The van der Waals surface area contributed by atoms with Gasteiger partial charge in [0.25, 0.3) is 5.91 Å². The van der Waals surface area contributed by atoms with Crippen molar-refractivity contribution in [3.63, 3.8) is 0 Å². The number of nitrogens with one attached hydrogen (secondary N) is 1. The summed E-state index contributed by atoms with van der Waals surface area (Å²) in [7, 11) is 0. The highest BCUT2D eigenvalue weighted by Gasteiger charge is 2.34. The fourth-order valence-electron chi connectivity index (χ4n) is 1.62. The molecule has 1 N–H and O–H groups in total. The van der Waals surface area contributed by atoms with Gasteiger partial charge in [-0.1, -0.05) is 15.9 Å². The number of hydrogen-bond donors (Lipinski definition) is 1. The Morgan fingerprint density at radius 1 is 1.05 bits per heavy atom. The Morgan fingerprint density at radius 3 is 2.24 bits per heavy atom. The fourth-order valence-corrected chi connectivity index (χ4v) is 1.89. The van der Waals surface area contributed by atoms with Crippen LogP contribution in [-0.2, 0) is 6.18 Å². The summed E-state index contributed by atoms with van der Waals surface area (Å²) in [6, 6.07) is 8.57. The summed E-state index contributed by atoms with van der Waals surface area (Å²) in [6.45, 7) is 0. The molecule has 0 aromatic heterocycles. The monoisotopic (exact) mass is 361 g/mol. The van der Waals surface area contributed by atoms with Gasteiger partial charge in [0, 0.05) is 15.7 Å². The van der Waals surface area contributed by atoms with E-state index < -0.39 is 23.5 Å². The molecule has 0 saturated carbocycles. The van der Waals surface area contributed by atoms with Gasteiger partial charge in [0.05, 0.1) is 5.56 Å². The third-order valence-electron chi connectivity index (χ3n) is 2.64. The largest absolute Gasteiger partial charge is 0.419 e. The highest BCUT2D eigenvalue weighted by molar-refractivity contribution is 9.10. The summed E-state index contributed by atoms with van der Waals surface area (Å²) in [6.07, 6.45) is -4.82. The van der Waals surface area contributed by atoms with Gasteiger partial charge in [-0.05, 0) is 42.5 Å². The maximum absolute atomic E-state index is 13.1. The van der Waals surface area contributed by atoms with Crippen molar-refractivity contribution in [3.05, 3.63) is 63.9 Å². The molecule has 0 unspecified atom stereocenters. The van der Waals surface area contributed by atoms with Crippen LogP contribution >= 0.6 is 15.9 Å². The van der Waals surface area contributed by atoms with E-state index in [2.05, 4.69) is 21.2 Å². The smallest absolute Gasteiger partial charge is 0.322 e. The molecule has 0 aliphatic heterocycles. The second kappa shape index (κ2) is 5.85. The van der Waals surface area contributed by atoms with Crippen molar-refractivity contribution < 1.29 is 22.4 Å². The molecule has 0 bridgehead atoms. The summed E-state index contributed by atoms with van der Waals surface area (Å²) < 4.78 is 51.6. The summed E-state index contributed by atoms with van der Waals surface area (Å²) in [4.78, 5) is 11.9. The van der Waals surface area contributed by atoms with Gasteiger partial charge in [-0.3, -0.25) is 4.79 Å². The Hall–Kier alpha value is -1.89. The van der Waals surface area contributed by atoms with Crippen molar-refractivity contribution in [1.82, 2.24) is 0 Å². The van der Waals surface area contributed by atoms with Gasteiger partial charge < -0.3 is 5.32 Å². The minimum absolute atomic E-state index is 0.128. The van der Waals surface area contributed by atoms with Gasteiger partial charge in [-0.25, -0.2) is 4.39 Å². The normalized spacial score (nSPS) is 11.3. The van der Waals surface area contributed by atoms with Crippen LogP contribution in [0, 0.1) is 5.82 Å². The lowest BCUT2D eigenvalue weighted by Crippen LogP contribution is -2.14. The molecule has 21 heavy (non-hydrogen) atoms. The highest BCUT2D eigenvalue weighted by atomic mass is 79.9. The molecule has 0 fully saturated rings. The minimum atomic E-state index is -4.82. The first-order valence-electron chi connectivity index (χ1n) is 5.71. The summed E-state index contributed by atoms with van der Waals surface area (Å²) in [5.74, 6) is -1.97. The predicted molar refractivity (Wildman–Crippen MR) is 73.5 cm³/mol. The number of hydrogen-bond acceptors (Lipinski definition) is 1. The maximum Gasteiger partial charge on any atom is 0.419 e. The van der Waals surface area contributed by atoms with Crippen LogP contribution in [0.15, 0.2) is 46.9 Å². The summed E-state index contributed by atoms with van der Waals surface area (Å²) in [5, 5.41) is 2.30. The molecule has 2 rings (SSSR count). The number of anilines is 1. The Kier molecular flexibility index (Phi) is 4.32. The van der Waals surface area contributed by atoms with Gasteiger partial charge in [0.2, 0.25) is 0 Å². The third-order valence-corrected chi connectivity index (χ3v) is 3.16. The molecule has 110 valence electrons. The number of carbonyl (C=O) groups excluding carboxylic acids is 1. The van der Waals surface area contributed by atoms with Crippen LogP contribution in [0.2, 0.25) is 0 Å². The first-order chi connectivity index (χ1) is 9.77. The molecule has 0 aliphatic carbocycles. The van der Waals surface area contributed by atoms with Crippen molar-refractivity contribution in [2.45, 2.75) is 6.18 Å². The predicted octanol–water partition coefficient (Wildman–Crippen LogP) is 4.86. The highest BCUT2D eigenvalue weighted by Crippen LogP contribution is 2.33. The third kappa shape index (κ3) is 3.81. The number of rotatable bonds is 2. The van der Waals surface area contributed by atoms with Gasteiger partial charge >= 0.3 is 6.18 Å². The first kappa shape index (κ1) is 15.5. The SMILES string of the molecule is O=C(Nc1ccc(F)c(C(F)(F)F)c1)c1ccc(Br)cc1. The molecule has 0 atom stereocenters. The number of amides is 1. The molecule has 2 nitrogen and oxygen atoms in total. The van der Waals surface area contributed by atoms with E-state index in [0.717, 1.165) is 10.5 Å². The minimum Gasteiger partial charge on any atom is -0.322 e. The average Bonchev–Trinajstić information content (AvgIpc) is 2.40. The van der Waals surface area contributed by atoms with Crippen LogP contribution < -0.4 is 5.32 Å². The van der Waals surface area contributed by atoms with E-state index in [0.29, 0.717) is 12.1 Å². The zero-order valence-electron chi connectivity index (χ0n) is 10.3. The quantitative estimate of drug-likeness (QED) is 0.760. The standard InChI is InChI=1S/C14H8BrF4NO/c15-9-3-1-8(2-4-9)13(21)20-10-5-6-12(16)11(7-10)14(17,18)19/h1-7H,(H,20,21). The molecule has 0 aliphatic rings. The molecule has 2 aromatic rings. The first-order valence-corrected chi connectivity index (χ1v) is 6.50. The average molecular weight is 362 g/mol. The zero-order chi connectivity index (χ0) is 15.6.